The lowest BCUT2D eigenvalue weighted by molar-refractivity contribution is 0.0342. The fourth-order valence-corrected chi connectivity index (χ4v) is 3.86. The first-order valence-corrected chi connectivity index (χ1v) is 10.3. The number of hydrogen-bond donors (Lipinski definition) is 1. The molecule has 1 atom stereocenters. The number of hydrogen-bond acceptors (Lipinski definition) is 4. The van der Waals surface area contributed by atoms with Crippen molar-refractivity contribution >= 4 is 6.03 Å². The molecule has 1 N–H and O–H groups in total. The number of amides is 2. The van der Waals surface area contributed by atoms with E-state index < -0.39 is 0 Å². The van der Waals surface area contributed by atoms with E-state index >= 15 is 0 Å². The van der Waals surface area contributed by atoms with E-state index in [2.05, 4.69) is 41.0 Å². The smallest absolute Gasteiger partial charge is 0.322 e. The summed E-state index contributed by atoms with van der Waals surface area (Å²) in [5, 5.41) is 9.29. The van der Waals surface area contributed by atoms with Gasteiger partial charge in [-0.15, -0.1) is 0 Å². The molecule has 2 aromatic carbocycles. The Hall–Kier alpha value is -2.85. The first kappa shape index (κ1) is 20.4. The predicted octanol–water partition coefficient (Wildman–Crippen LogP) is 2.28. The molecule has 0 saturated carbocycles. The third-order valence-electron chi connectivity index (χ3n) is 5.71. The number of nitrogens with zero attached hydrogens (tertiary/aromatic N) is 3. The van der Waals surface area contributed by atoms with E-state index in [1.807, 2.05) is 24.3 Å². The van der Waals surface area contributed by atoms with E-state index in [4.69, 9.17) is 4.74 Å². The van der Waals surface area contributed by atoms with Crippen LogP contribution < -0.4 is 0 Å². The Morgan fingerprint density at radius 1 is 1.00 bits per heavy atom. The molecule has 2 fully saturated rings. The number of carbonyl (C=O) groups excluding carboxylic acids is 1. The molecule has 0 radical (unpaired) electrons. The number of carbonyl (C=O) groups is 1. The van der Waals surface area contributed by atoms with Crippen molar-refractivity contribution in [2.45, 2.75) is 12.6 Å². The first-order valence-electron chi connectivity index (χ1n) is 10.3. The quantitative estimate of drug-likeness (QED) is 0.793. The van der Waals surface area contributed by atoms with Crippen LogP contribution in [0, 0.1) is 11.8 Å². The summed E-state index contributed by atoms with van der Waals surface area (Å²) < 4.78 is 5.40. The SMILES string of the molecule is CN1C(=O)N(CO)CC1c1ccc(C#Cc2ccc(CN3CCOCC3)cc2)cc1. The van der Waals surface area contributed by atoms with Crippen LogP contribution >= 0.6 is 0 Å². The maximum absolute atomic E-state index is 12.0. The third kappa shape index (κ3) is 4.65. The molecule has 2 aliphatic rings. The minimum absolute atomic E-state index is 0.0503. The monoisotopic (exact) mass is 405 g/mol. The van der Waals surface area contributed by atoms with Crippen LogP contribution in [0.3, 0.4) is 0 Å². The van der Waals surface area contributed by atoms with Crippen LogP contribution in [0.5, 0.6) is 0 Å². The zero-order valence-electron chi connectivity index (χ0n) is 17.3. The van der Waals surface area contributed by atoms with Crippen LogP contribution in [-0.4, -0.2) is 72.5 Å². The molecule has 0 aliphatic carbocycles. The number of aliphatic hydroxyl groups excluding tert-OH is 1. The van der Waals surface area contributed by atoms with E-state index in [0.717, 1.165) is 49.5 Å². The van der Waals surface area contributed by atoms with Gasteiger partial charge in [-0.2, -0.15) is 0 Å². The van der Waals surface area contributed by atoms with Gasteiger partial charge in [-0.05, 0) is 35.4 Å². The summed E-state index contributed by atoms with van der Waals surface area (Å²) >= 11 is 0. The second-order valence-corrected chi connectivity index (χ2v) is 7.73. The molecule has 2 aromatic rings. The summed E-state index contributed by atoms with van der Waals surface area (Å²) in [4.78, 5) is 17.5. The average molecular weight is 405 g/mol. The zero-order valence-corrected chi connectivity index (χ0v) is 17.3. The molecule has 2 amide bonds. The molecular weight excluding hydrogens is 378 g/mol. The summed E-state index contributed by atoms with van der Waals surface area (Å²) in [5.74, 6) is 6.44. The average Bonchev–Trinajstić information content (AvgIpc) is 3.08. The fraction of sp³-hybridized carbons (Fsp3) is 0.375. The standard InChI is InChI=1S/C24H27N3O3/c1-25-23(17-27(18-28)24(25)29)22-10-8-20(9-11-22)3-2-19-4-6-21(7-5-19)16-26-12-14-30-15-13-26/h4-11,23,28H,12-18H2,1H3. The van der Waals surface area contributed by atoms with Crippen molar-refractivity contribution in [3.63, 3.8) is 0 Å². The van der Waals surface area contributed by atoms with Crippen molar-refractivity contribution < 1.29 is 14.6 Å². The Morgan fingerprint density at radius 2 is 1.60 bits per heavy atom. The molecule has 2 saturated heterocycles. The van der Waals surface area contributed by atoms with Gasteiger partial charge in [-0.3, -0.25) is 9.80 Å². The minimum atomic E-state index is -0.255. The normalized spacial score (nSPS) is 19.7. The highest BCUT2D eigenvalue weighted by Crippen LogP contribution is 2.27. The highest BCUT2D eigenvalue weighted by Gasteiger charge is 2.34. The summed E-state index contributed by atoms with van der Waals surface area (Å²) in [5.41, 5.74) is 4.26. The van der Waals surface area contributed by atoms with Crippen LogP contribution in [-0.2, 0) is 11.3 Å². The van der Waals surface area contributed by atoms with Gasteiger partial charge in [-0.1, -0.05) is 36.1 Å². The number of benzene rings is 2. The molecule has 1 unspecified atom stereocenters. The van der Waals surface area contributed by atoms with Gasteiger partial charge in [-0.25, -0.2) is 4.79 Å². The van der Waals surface area contributed by atoms with E-state index in [1.54, 1.807) is 11.9 Å². The lowest BCUT2D eigenvalue weighted by Gasteiger charge is -2.26. The van der Waals surface area contributed by atoms with Gasteiger partial charge in [0.15, 0.2) is 0 Å². The molecular formula is C24H27N3O3. The number of morpholine rings is 1. The third-order valence-corrected chi connectivity index (χ3v) is 5.71. The second-order valence-electron chi connectivity index (χ2n) is 7.73. The summed E-state index contributed by atoms with van der Waals surface area (Å²) in [6, 6.07) is 16.2. The number of ether oxygens (including phenoxy) is 1. The number of aliphatic hydroxyl groups is 1. The van der Waals surface area contributed by atoms with E-state index in [9.17, 15) is 9.90 Å². The minimum Gasteiger partial charge on any atom is -0.379 e. The van der Waals surface area contributed by atoms with Gasteiger partial charge in [0, 0.05) is 44.4 Å². The highest BCUT2D eigenvalue weighted by molar-refractivity contribution is 5.77. The number of rotatable bonds is 4. The topological polar surface area (TPSA) is 56.2 Å². The largest absolute Gasteiger partial charge is 0.379 e. The van der Waals surface area contributed by atoms with Crippen LogP contribution in [0.1, 0.15) is 28.3 Å². The molecule has 30 heavy (non-hydrogen) atoms. The predicted molar refractivity (Wildman–Crippen MR) is 115 cm³/mol. The van der Waals surface area contributed by atoms with Gasteiger partial charge in [0.1, 0.15) is 6.73 Å². The van der Waals surface area contributed by atoms with E-state index in [-0.39, 0.29) is 18.8 Å². The Kier molecular flexibility index (Phi) is 6.34. The fourth-order valence-electron chi connectivity index (χ4n) is 3.86. The lowest BCUT2D eigenvalue weighted by atomic mass is 10.0. The molecule has 6 nitrogen and oxygen atoms in total. The van der Waals surface area contributed by atoms with Crippen molar-refractivity contribution in [2.75, 3.05) is 46.6 Å². The Morgan fingerprint density at radius 3 is 2.17 bits per heavy atom. The Bertz CT molecular complexity index is 925. The van der Waals surface area contributed by atoms with Gasteiger partial charge in [0.2, 0.25) is 0 Å². The first-order chi connectivity index (χ1) is 14.6. The number of urea groups is 1. The molecule has 6 heteroatoms. The summed E-state index contributed by atoms with van der Waals surface area (Å²) in [7, 11) is 1.76. The molecule has 0 bridgehead atoms. The van der Waals surface area contributed by atoms with Crippen molar-refractivity contribution in [3.05, 3.63) is 70.8 Å². The van der Waals surface area contributed by atoms with Gasteiger partial charge < -0.3 is 14.7 Å². The maximum Gasteiger partial charge on any atom is 0.322 e. The van der Waals surface area contributed by atoms with Gasteiger partial charge >= 0.3 is 6.03 Å². The Balaban J connectivity index is 1.38. The van der Waals surface area contributed by atoms with Crippen molar-refractivity contribution in [1.82, 2.24) is 14.7 Å². The van der Waals surface area contributed by atoms with Crippen LogP contribution in [0.15, 0.2) is 48.5 Å². The van der Waals surface area contributed by atoms with E-state index in [1.165, 1.54) is 10.5 Å². The lowest BCUT2D eigenvalue weighted by Crippen LogP contribution is -2.35. The maximum atomic E-state index is 12.0. The van der Waals surface area contributed by atoms with Gasteiger partial charge in [0.05, 0.1) is 19.3 Å². The van der Waals surface area contributed by atoms with Crippen molar-refractivity contribution in [1.29, 1.82) is 0 Å². The van der Waals surface area contributed by atoms with E-state index in [0.29, 0.717) is 6.54 Å². The van der Waals surface area contributed by atoms with Crippen LogP contribution in [0.25, 0.3) is 0 Å². The number of likely N-dealkylation sites (N-methyl/N-ethyl adjacent to an activating group) is 1. The van der Waals surface area contributed by atoms with Gasteiger partial charge in [0.25, 0.3) is 0 Å². The Labute approximate surface area is 177 Å². The summed E-state index contributed by atoms with van der Waals surface area (Å²) in [6.45, 7) is 4.79. The molecule has 4 rings (SSSR count). The molecule has 0 aromatic heterocycles. The van der Waals surface area contributed by atoms with Crippen LogP contribution in [0.2, 0.25) is 0 Å². The zero-order chi connectivity index (χ0) is 20.9. The highest BCUT2D eigenvalue weighted by atomic mass is 16.5. The van der Waals surface area contributed by atoms with Crippen LogP contribution in [0.4, 0.5) is 4.79 Å². The summed E-state index contributed by atoms with van der Waals surface area (Å²) in [6.07, 6.45) is 0. The van der Waals surface area contributed by atoms with Crippen molar-refractivity contribution in [3.8, 4) is 11.8 Å². The second kappa shape index (κ2) is 9.31. The molecule has 0 spiro atoms. The molecule has 2 aliphatic heterocycles. The van der Waals surface area contributed by atoms with Crippen molar-refractivity contribution in [2.24, 2.45) is 0 Å². The molecule has 156 valence electrons. The molecule has 2 heterocycles.